The number of nitrogens with zero attached hydrogens (tertiary/aromatic N) is 1. The summed E-state index contributed by atoms with van der Waals surface area (Å²) in [5.41, 5.74) is 0. The van der Waals surface area contributed by atoms with Crippen LogP contribution in [0.1, 0.15) is 32.6 Å². The van der Waals surface area contributed by atoms with Crippen LogP contribution in [0, 0.1) is 0 Å². The third kappa shape index (κ3) is 4.45. The van der Waals surface area contributed by atoms with E-state index < -0.39 is 0 Å². The maximum Gasteiger partial charge on any atom is 0.222 e. The molecule has 1 N–H and O–H groups in total. The molecule has 0 aromatic carbocycles. The average molecular weight is 263 g/mol. The number of hydrogen-bond acceptors (Lipinski definition) is 3. The van der Waals surface area contributed by atoms with Crippen LogP contribution in [0.3, 0.4) is 0 Å². The summed E-state index contributed by atoms with van der Waals surface area (Å²) >= 11 is 0. The van der Waals surface area contributed by atoms with Crippen molar-refractivity contribution in [3.63, 3.8) is 0 Å². The van der Waals surface area contributed by atoms with Crippen LogP contribution in [0.4, 0.5) is 0 Å². The molecule has 4 nitrogen and oxygen atoms in total. The average Bonchev–Trinajstić information content (AvgIpc) is 2.78. The maximum atomic E-state index is 11.9. The lowest BCUT2D eigenvalue weighted by Crippen LogP contribution is -2.51. The predicted molar refractivity (Wildman–Crippen MR) is 69.5 cm³/mol. The lowest BCUT2D eigenvalue weighted by molar-refractivity contribution is -0.132. The Kier molecular flexibility index (Phi) is 6.23. The third-order valence-electron chi connectivity index (χ3n) is 3.43. The van der Waals surface area contributed by atoms with Crippen molar-refractivity contribution in [3.8, 4) is 0 Å². The van der Waals surface area contributed by atoms with Crippen molar-refractivity contribution in [2.45, 2.75) is 44.8 Å². The Morgan fingerprint density at radius 1 is 1.53 bits per heavy atom. The summed E-state index contributed by atoms with van der Waals surface area (Å²) in [4.78, 5) is 13.9. The molecule has 1 amide bonds. The summed E-state index contributed by atoms with van der Waals surface area (Å²) in [7, 11) is 0. The highest BCUT2D eigenvalue weighted by molar-refractivity contribution is 5.85. The molecule has 100 valence electrons. The number of carbonyl (C=O) groups is 1. The fraction of sp³-hybridized carbons (Fsp3) is 0.917. The molecule has 1 unspecified atom stereocenters. The monoisotopic (exact) mass is 262 g/mol. The highest BCUT2D eigenvalue weighted by Gasteiger charge is 2.22. The Labute approximate surface area is 109 Å². The Morgan fingerprint density at radius 3 is 3.00 bits per heavy atom. The molecule has 0 aliphatic carbocycles. The number of nitrogens with one attached hydrogen (secondary N) is 1. The topological polar surface area (TPSA) is 41.6 Å². The van der Waals surface area contributed by atoms with E-state index in [4.69, 9.17) is 4.74 Å². The van der Waals surface area contributed by atoms with Gasteiger partial charge in [-0.25, -0.2) is 0 Å². The molecular formula is C12H23ClN2O2. The number of ether oxygens (including phenoxy) is 1. The highest BCUT2D eigenvalue weighted by Crippen LogP contribution is 2.17. The lowest BCUT2D eigenvalue weighted by atomic mass is 10.1. The van der Waals surface area contributed by atoms with E-state index in [-0.39, 0.29) is 12.4 Å². The Bertz CT molecular complexity index is 245. The van der Waals surface area contributed by atoms with E-state index >= 15 is 0 Å². The van der Waals surface area contributed by atoms with Crippen molar-refractivity contribution >= 4 is 18.3 Å². The smallest absolute Gasteiger partial charge is 0.222 e. The highest BCUT2D eigenvalue weighted by atomic mass is 35.5. The van der Waals surface area contributed by atoms with Gasteiger partial charge in [-0.2, -0.15) is 0 Å². The van der Waals surface area contributed by atoms with Gasteiger partial charge in [-0.1, -0.05) is 0 Å². The minimum Gasteiger partial charge on any atom is -0.378 e. The van der Waals surface area contributed by atoms with Gasteiger partial charge < -0.3 is 15.0 Å². The first-order chi connectivity index (χ1) is 7.75. The van der Waals surface area contributed by atoms with E-state index in [0.29, 0.717) is 24.5 Å². The molecule has 2 rings (SSSR count). The first-order valence-corrected chi connectivity index (χ1v) is 6.38. The van der Waals surface area contributed by atoms with Gasteiger partial charge in [0.15, 0.2) is 0 Å². The van der Waals surface area contributed by atoms with Gasteiger partial charge in [0.2, 0.25) is 5.91 Å². The SMILES string of the molecule is C[C@@H]1CN(C(=O)CCC2CCCO2)CCN1.Cl. The second-order valence-electron chi connectivity index (χ2n) is 4.87. The summed E-state index contributed by atoms with van der Waals surface area (Å²) in [6.07, 6.45) is 4.17. The normalized spacial score (nSPS) is 28.9. The number of piperazine rings is 1. The van der Waals surface area contributed by atoms with Gasteiger partial charge in [0.25, 0.3) is 0 Å². The van der Waals surface area contributed by atoms with E-state index in [0.717, 1.165) is 45.5 Å². The van der Waals surface area contributed by atoms with Gasteiger partial charge in [-0.15, -0.1) is 12.4 Å². The fourth-order valence-electron chi connectivity index (χ4n) is 2.47. The molecule has 2 heterocycles. The second-order valence-corrected chi connectivity index (χ2v) is 4.87. The van der Waals surface area contributed by atoms with Crippen molar-refractivity contribution in [1.29, 1.82) is 0 Å². The predicted octanol–water partition coefficient (Wildman–Crippen LogP) is 1.19. The van der Waals surface area contributed by atoms with Crippen molar-refractivity contribution in [2.75, 3.05) is 26.2 Å². The van der Waals surface area contributed by atoms with Crippen LogP contribution in [-0.4, -0.2) is 49.2 Å². The molecule has 17 heavy (non-hydrogen) atoms. The van der Waals surface area contributed by atoms with Crippen LogP contribution in [-0.2, 0) is 9.53 Å². The van der Waals surface area contributed by atoms with Gasteiger partial charge >= 0.3 is 0 Å². The van der Waals surface area contributed by atoms with Gasteiger partial charge in [0.05, 0.1) is 6.10 Å². The van der Waals surface area contributed by atoms with Gasteiger partial charge in [0.1, 0.15) is 0 Å². The van der Waals surface area contributed by atoms with E-state index in [1.165, 1.54) is 0 Å². The van der Waals surface area contributed by atoms with Crippen LogP contribution < -0.4 is 5.32 Å². The molecule has 2 saturated heterocycles. The molecular weight excluding hydrogens is 240 g/mol. The van der Waals surface area contributed by atoms with Crippen LogP contribution in [0.5, 0.6) is 0 Å². The summed E-state index contributed by atoms with van der Waals surface area (Å²) in [5, 5.41) is 3.35. The number of halogens is 1. The summed E-state index contributed by atoms with van der Waals surface area (Å²) in [6.45, 7) is 5.63. The first-order valence-electron chi connectivity index (χ1n) is 6.38. The third-order valence-corrected chi connectivity index (χ3v) is 3.43. The zero-order valence-electron chi connectivity index (χ0n) is 10.5. The van der Waals surface area contributed by atoms with Crippen molar-refractivity contribution in [2.24, 2.45) is 0 Å². The van der Waals surface area contributed by atoms with Crippen LogP contribution in [0.15, 0.2) is 0 Å². The Hall–Kier alpha value is -0.320. The molecule has 2 fully saturated rings. The molecule has 2 atom stereocenters. The van der Waals surface area contributed by atoms with Crippen molar-refractivity contribution in [3.05, 3.63) is 0 Å². The van der Waals surface area contributed by atoms with Crippen LogP contribution in [0.25, 0.3) is 0 Å². The van der Waals surface area contributed by atoms with Gasteiger partial charge in [-0.3, -0.25) is 4.79 Å². The molecule has 5 heteroatoms. The minimum absolute atomic E-state index is 0. The molecule has 0 spiro atoms. The largest absolute Gasteiger partial charge is 0.378 e. The Balaban J connectivity index is 0.00000144. The number of carbonyl (C=O) groups excluding carboxylic acids is 1. The van der Waals surface area contributed by atoms with E-state index in [2.05, 4.69) is 12.2 Å². The molecule has 0 saturated carbocycles. The first kappa shape index (κ1) is 14.7. The number of rotatable bonds is 3. The van der Waals surface area contributed by atoms with Crippen molar-refractivity contribution < 1.29 is 9.53 Å². The van der Waals surface area contributed by atoms with Gasteiger partial charge in [0, 0.05) is 38.7 Å². The van der Waals surface area contributed by atoms with Crippen molar-refractivity contribution in [1.82, 2.24) is 10.2 Å². The minimum atomic E-state index is 0. The maximum absolute atomic E-state index is 11.9. The zero-order valence-corrected chi connectivity index (χ0v) is 11.3. The lowest BCUT2D eigenvalue weighted by Gasteiger charge is -2.32. The number of amides is 1. The molecule has 0 aromatic rings. The molecule has 0 radical (unpaired) electrons. The second kappa shape index (κ2) is 7.19. The molecule has 2 aliphatic heterocycles. The standard InChI is InChI=1S/C12H22N2O2.ClH/c1-10-9-14(7-6-13-10)12(15)5-4-11-3-2-8-16-11;/h10-11,13H,2-9H2,1H3;1H/t10-,11?;/m1./s1. The van der Waals surface area contributed by atoms with E-state index in [1.54, 1.807) is 0 Å². The Morgan fingerprint density at radius 2 is 2.35 bits per heavy atom. The zero-order chi connectivity index (χ0) is 11.4. The number of hydrogen-bond donors (Lipinski definition) is 1. The van der Waals surface area contributed by atoms with E-state index in [1.807, 2.05) is 4.90 Å². The summed E-state index contributed by atoms with van der Waals surface area (Å²) in [6, 6.07) is 0.431. The quantitative estimate of drug-likeness (QED) is 0.831. The molecule has 0 aromatic heterocycles. The molecule has 0 bridgehead atoms. The van der Waals surface area contributed by atoms with Crippen LogP contribution >= 0.6 is 12.4 Å². The van der Waals surface area contributed by atoms with Gasteiger partial charge in [-0.05, 0) is 26.2 Å². The summed E-state index contributed by atoms with van der Waals surface area (Å²) in [5.74, 6) is 0.295. The summed E-state index contributed by atoms with van der Waals surface area (Å²) < 4.78 is 5.53. The molecule has 2 aliphatic rings. The van der Waals surface area contributed by atoms with Crippen LogP contribution in [0.2, 0.25) is 0 Å². The van der Waals surface area contributed by atoms with E-state index in [9.17, 15) is 4.79 Å². The fourth-order valence-corrected chi connectivity index (χ4v) is 2.47.